The predicted molar refractivity (Wildman–Crippen MR) is 72.1 cm³/mol. The van der Waals surface area contributed by atoms with E-state index in [2.05, 4.69) is 14.9 Å². The molecule has 1 fully saturated rings. The highest BCUT2D eigenvalue weighted by atomic mass is 16.5. The van der Waals surface area contributed by atoms with E-state index in [1.165, 1.54) is 18.4 Å². The van der Waals surface area contributed by atoms with Crippen molar-refractivity contribution in [1.29, 1.82) is 0 Å². The minimum Gasteiger partial charge on any atom is -0.394 e. The molecule has 1 aromatic rings. The molecule has 1 aliphatic carbocycles. The van der Waals surface area contributed by atoms with E-state index in [0.717, 1.165) is 30.9 Å². The van der Waals surface area contributed by atoms with Gasteiger partial charge in [0.25, 0.3) is 0 Å². The lowest BCUT2D eigenvalue weighted by molar-refractivity contribution is 0.00331. The van der Waals surface area contributed by atoms with Gasteiger partial charge in [-0.25, -0.2) is 4.98 Å². The Balaban J connectivity index is 1.92. The first-order chi connectivity index (χ1) is 9.28. The maximum absolute atomic E-state index is 9.24. The van der Waals surface area contributed by atoms with Gasteiger partial charge in [-0.15, -0.1) is 0 Å². The van der Waals surface area contributed by atoms with Gasteiger partial charge in [-0.05, 0) is 25.7 Å². The number of ether oxygens (including phenoxy) is 1. The Kier molecular flexibility index (Phi) is 3.52. The van der Waals surface area contributed by atoms with Gasteiger partial charge in [0.1, 0.15) is 5.82 Å². The lowest BCUT2D eigenvalue weighted by Gasteiger charge is -2.35. The number of nitrogens with two attached hydrogens (primary N) is 1. The van der Waals surface area contributed by atoms with Crippen LogP contribution in [-0.4, -0.2) is 47.5 Å². The van der Waals surface area contributed by atoms with Gasteiger partial charge >= 0.3 is 0 Å². The fourth-order valence-corrected chi connectivity index (χ4v) is 2.88. The van der Waals surface area contributed by atoms with Crippen molar-refractivity contribution in [2.45, 2.75) is 31.8 Å². The molecular formula is C13H20N4O2. The average Bonchev–Trinajstić information content (AvgIpc) is 2.46. The number of nitrogen functional groups attached to an aromatic ring is 1. The minimum atomic E-state index is -0.135. The maximum Gasteiger partial charge on any atom is 0.222 e. The minimum absolute atomic E-state index is 0.0409. The first kappa shape index (κ1) is 12.6. The predicted octanol–water partition coefficient (Wildman–Crippen LogP) is 0.135. The van der Waals surface area contributed by atoms with E-state index >= 15 is 0 Å². The third-order valence-corrected chi connectivity index (χ3v) is 3.82. The number of nitrogens with zero attached hydrogens (tertiary/aromatic N) is 3. The van der Waals surface area contributed by atoms with Gasteiger partial charge in [-0.2, -0.15) is 4.98 Å². The zero-order chi connectivity index (χ0) is 13.2. The molecule has 0 amide bonds. The molecule has 1 unspecified atom stereocenters. The summed E-state index contributed by atoms with van der Waals surface area (Å²) in [6.07, 6.45) is 4.23. The molecule has 1 atom stereocenters. The van der Waals surface area contributed by atoms with Crippen molar-refractivity contribution >= 4 is 11.8 Å². The van der Waals surface area contributed by atoms with E-state index in [-0.39, 0.29) is 12.7 Å². The summed E-state index contributed by atoms with van der Waals surface area (Å²) in [5.74, 6) is 1.30. The van der Waals surface area contributed by atoms with Crippen molar-refractivity contribution in [2.24, 2.45) is 0 Å². The second kappa shape index (κ2) is 5.30. The van der Waals surface area contributed by atoms with Crippen LogP contribution in [-0.2, 0) is 17.6 Å². The summed E-state index contributed by atoms with van der Waals surface area (Å²) in [5, 5.41) is 9.24. The van der Waals surface area contributed by atoms with Crippen molar-refractivity contribution in [3.63, 3.8) is 0 Å². The highest BCUT2D eigenvalue weighted by Gasteiger charge is 2.26. The second-order valence-electron chi connectivity index (χ2n) is 5.16. The van der Waals surface area contributed by atoms with Crippen LogP contribution in [0.1, 0.15) is 24.1 Å². The largest absolute Gasteiger partial charge is 0.394 e. The molecule has 2 aliphatic rings. The van der Waals surface area contributed by atoms with Gasteiger partial charge in [0.05, 0.1) is 25.0 Å². The first-order valence-electron chi connectivity index (χ1n) is 6.90. The first-order valence-corrected chi connectivity index (χ1v) is 6.90. The van der Waals surface area contributed by atoms with Crippen LogP contribution in [0.15, 0.2) is 0 Å². The maximum atomic E-state index is 9.24. The number of hydrogen-bond donors (Lipinski definition) is 2. The molecular weight excluding hydrogens is 244 g/mol. The zero-order valence-electron chi connectivity index (χ0n) is 11.0. The normalized spacial score (nSPS) is 23.2. The Morgan fingerprint density at radius 1 is 1.32 bits per heavy atom. The molecule has 0 radical (unpaired) electrons. The molecule has 3 rings (SSSR count). The highest BCUT2D eigenvalue weighted by Crippen LogP contribution is 2.29. The third-order valence-electron chi connectivity index (χ3n) is 3.82. The van der Waals surface area contributed by atoms with Crippen molar-refractivity contribution in [3.05, 3.63) is 11.3 Å². The van der Waals surface area contributed by atoms with Crippen LogP contribution in [0.3, 0.4) is 0 Å². The Morgan fingerprint density at radius 3 is 3.00 bits per heavy atom. The van der Waals surface area contributed by atoms with Crippen molar-refractivity contribution < 1.29 is 9.84 Å². The molecule has 1 aromatic heterocycles. The number of rotatable bonds is 2. The molecule has 0 saturated carbocycles. The van der Waals surface area contributed by atoms with Gasteiger partial charge < -0.3 is 20.5 Å². The topological polar surface area (TPSA) is 84.5 Å². The Morgan fingerprint density at radius 2 is 2.16 bits per heavy atom. The molecule has 6 nitrogen and oxygen atoms in total. The Labute approximate surface area is 112 Å². The lowest BCUT2D eigenvalue weighted by atomic mass is 9.96. The zero-order valence-corrected chi connectivity index (χ0v) is 11.0. The van der Waals surface area contributed by atoms with E-state index in [4.69, 9.17) is 10.5 Å². The van der Waals surface area contributed by atoms with E-state index in [9.17, 15) is 5.11 Å². The molecule has 104 valence electrons. The van der Waals surface area contributed by atoms with Crippen LogP contribution >= 0.6 is 0 Å². The smallest absolute Gasteiger partial charge is 0.222 e. The molecule has 1 saturated heterocycles. The number of anilines is 2. The van der Waals surface area contributed by atoms with E-state index in [1.807, 2.05) is 0 Å². The van der Waals surface area contributed by atoms with Crippen molar-refractivity contribution in [1.82, 2.24) is 9.97 Å². The molecule has 1 aliphatic heterocycles. The lowest BCUT2D eigenvalue weighted by Crippen LogP contribution is -2.45. The van der Waals surface area contributed by atoms with Crippen LogP contribution in [0, 0.1) is 0 Å². The standard InChI is InChI=1S/C13H20N4O2/c14-13-15-11-4-2-1-3-10(11)12(16-13)17-5-6-19-9(7-17)8-18/h9,18H,1-8H2,(H2,14,15,16). The van der Waals surface area contributed by atoms with Crippen LogP contribution in [0.5, 0.6) is 0 Å². The van der Waals surface area contributed by atoms with Crippen LogP contribution in [0.4, 0.5) is 11.8 Å². The summed E-state index contributed by atoms with van der Waals surface area (Å²) in [4.78, 5) is 11.0. The van der Waals surface area contributed by atoms with E-state index in [0.29, 0.717) is 19.1 Å². The number of aromatic nitrogens is 2. The summed E-state index contributed by atoms with van der Waals surface area (Å²) in [6.45, 7) is 2.11. The van der Waals surface area contributed by atoms with Gasteiger partial charge in [-0.1, -0.05) is 0 Å². The van der Waals surface area contributed by atoms with Crippen molar-refractivity contribution in [2.75, 3.05) is 36.9 Å². The van der Waals surface area contributed by atoms with E-state index in [1.54, 1.807) is 0 Å². The molecule has 2 heterocycles. The monoisotopic (exact) mass is 264 g/mol. The molecule has 19 heavy (non-hydrogen) atoms. The number of aliphatic hydroxyl groups is 1. The third kappa shape index (κ3) is 2.50. The van der Waals surface area contributed by atoms with Gasteiger partial charge in [0, 0.05) is 18.7 Å². The summed E-state index contributed by atoms with van der Waals surface area (Å²) in [5.41, 5.74) is 8.16. The Hall–Kier alpha value is -1.40. The van der Waals surface area contributed by atoms with Crippen LogP contribution < -0.4 is 10.6 Å². The number of fused-ring (bicyclic) bond motifs is 1. The number of aliphatic hydroxyl groups excluding tert-OH is 1. The molecule has 0 spiro atoms. The fraction of sp³-hybridized carbons (Fsp3) is 0.692. The quantitative estimate of drug-likeness (QED) is 0.790. The Bertz CT molecular complexity index is 466. The van der Waals surface area contributed by atoms with Gasteiger partial charge in [0.15, 0.2) is 0 Å². The highest BCUT2D eigenvalue weighted by molar-refractivity contribution is 5.53. The molecule has 0 bridgehead atoms. The summed E-state index contributed by atoms with van der Waals surface area (Å²) in [6, 6.07) is 0. The SMILES string of the molecule is Nc1nc2c(c(N3CCOC(CO)C3)n1)CCCC2. The van der Waals surface area contributed by atoms with E-state index < -0.39 is 0 Å². The molecule has 3 N–H and O–H groups in total. The summed E-state index contributed by atoms with van der Waals surface area (Å²) >= 11 is 0. The van der Waals surface area contributed by atoms with Crippen LogP contribution in [0.2, 0.25) is 0 Å². The second-order valence-corrected chi connectivity index (χ2v) is 5.16. The van der Waals surface area contributed by atoms with Gasteiger partial charge in [0.2, 0.25) is 5.95 Å². The summed E-state index contributed by atoms with van der Waals surface area (Å²) < 4.78 is 5.49. The molecule has 6 heteroatoms. The van der Waals surface area contributed by atoms with Gasteiger partial charge in [-0.3, -0.25) is 0 Å². The number of morpholine rings is 1. The number of hydrogen-bond acceptors (Lipinski definition) is 6. The summed E-state index contributed by atoms with van der Waals surface area (Å²) in [7, 11) is 0. The molecule has 0 aromatic carbocycles. The van der Waals surface area contributed by atoms with Crippen LogP contribution in [0.25, 0.3) is 0 Å². The van der Waals surface area contributed by atoms with Crippen molar-refractivity contribution in [3.8, 4) is 0 Å². The average molecular weight is 264 g/mol. The fourth-order valence-electron chi connectivity index (χ4n) is 2.88. The number of aryl methyl sites for hydroxylation is 1.